The van der Waals surface area contributed by atoms with Crippen LogP contribution in [0.15, 0.2) is 42.6 Å². The number of hydrogen-bond acceptors (Lipinski definition) is 4. The zero-order valence-electron chi connectivity index (χ0n) is 11.4. The van der Waals surface area contributed by atoms with Crippen molar-refractivity contribution in [1.82, 2.24) is 9.88 Å². The predicted molar refractivity (Wildman–Crippen MR) is 74.7 cm³/mol. The molecular weight excluding hydrogens is 256 g/mol. The van der Waals surface area contributed by atoms with E-state index in [-0.39, 0.29) is 12.5 Å². The summed E-state index contributed by atoms with van der Waals surface area (Å²) in [7, 11) is 3.34. The van der Waals surface area contributed by atoms with Gasteiger partial charge < -0.3 is 14.7 Å². The largest absolute Gasteiger partial charge is 0.457 e. The van der Waals surface area contributed by atoms with Crippen molar-refractivity contribution in [3.8, 4) is 11.5 Å². The topological polar surface area (TPSA) is 62.7 Å². The average Bonchev–Trinajstić information content (AvgIpc) is 2.47. The summed E-state index contributed by atoms with van der Waals surface area (Å²) in [6, 6.07) is 10.4. The Kier molecular flexibility index (Phi) is 4.32. The molecule has 0 aliphatic carbocycles. The number of hydrogen-bond donors (Lipinski definition) is 1. The summed E-state index contributed by atoms with van der Waals surface area (Å²) in [6.07, 6.45) is 1.54. The van der Waals surface area contributed by atoms with E-state index in [9.17, 15) is 4.79 Å². The predicted octanol–water partition coefficient (Wildman–Crippen LogP) is 2.07. The molecular formula is C15H16N2O3. The maximum Gasteiger partial charge on any atom is 0.272 e. The molecule has 2 aromatic rings. The van der Waals surface area contributed by atoms with E-state index in [2.05, 4.69) is 4.98 Å². The number of amides is 1. The lowest BCUT2D eigenvalue weighted by molar-refractivity contribution is 0.0821. The summed E-state index contributed by atoms with van der Waals surface area (Å²) in [5, 5.41) is 8.98. The molecule has 0 unspecified atom stereocenters. The number of rotatable bonds is 4. The molecule has 5 nitrogen and oxygen atoms in total. The molecule has 0 saturated heterocycles. The highest BCUT2D eigenvalue weighted by molar-refractivity contribution is 5.92. The molecule has 20 heavy (non-hydrogen) atoms. The molecule has 104 valence electrons. The van der Waals surface area contributed by atoms with Gasteiger partial charge in [-0.25, -0.2) is 0 Å². The van der Waals surface area contributed by atoms with Gasteiger partial charge in [0, 0.05) is 26.4 Å². The summed E-state index contributed by atoms with van der Waals surface area (Å²) in [5.41, 5.74) is 1.15. The fourth-order valence-electron chi connectivity index (χ4n) is 1.62. The first kappa shape index (κ1) is 14.0. The van der Waals surface area contributed by atoms with Crippen LogP contribution in [0.1, 0.15) is 16.1 Å². The standard InChI is InChI=1S/C15H16N2O3/c1-17(2)15(19)14-9-13(7-8-16-14)20-12-5-3-11(10-18)4-6-12/h3-9,18H,10H2,1-2H3. The van der Waals surface area contributed by atoms with E-state index in [0.29, 0.717) is 17.2 Å². The van der Waals surface area contributed by atoms with Crippen molar-refractivity contribution in [1.29, 1.82) is 0 Å². The van der Waals surface area contributed by atoms with Gasteiger partial charge in [0.2, 0.25) is 0 Å². The molecule has 1 amide bonds. The monoisotopic (exact) mass is 272 g/mol. The summed E-state index contributed by atoms with van der Waals surface area (Å²) in [6.45, 7) is -0.00295. The fraction of sp³-hybridized carbons (Fsp3) is 0.200. The van der Waals surface area contributed by atoms with E-state index in [1.807, 2.05) is 0 Å². The number of pyridine rings is 1. The average molecular weight is 272 g/mol. The van der Waals surface area contributed by atoms with E-state index in [1.54, 1.807) is 50.5 Å². The summed E-state index contributed by atoms with van der Waals surface area (Å²) >= 11 is 0. The van der Waals surface area contributed by atoms with Gasteiger partial charge in [-0.05, 0) is 23.8 Å². The lowest BCUT2D eigenvalue weighted by atomic mass is 10.2. The lowest BCUT2D eigenvalue weighted by Gasteiger charge is -2.11. The van der Waals surface area contributed by atoms with E-state index >= 15 is 0 Å². The second-order valence-corrected chi connectivity index (χ2v) is 4.48. The molecule has 0 saturated carbocycles. The first-order chi connectivity index (χ1) is 9.60. The van der Waals surface area contributed by atoms with Gasteiger partial charge in [-0.15, -0.1) is 0 Å². The molecule has 2 rings (SSSR count). The highest BCUT2D eigenvalue weighted by atomic mass is 16.5. The number of aliphatic hydroxyl groups excluding tert-OH is 1. The van der Waals surface area contributed by atoms with Crippen molar-refractivity contribution < 1.29 is 14.6 Å². The third kappa shape index (κ3) is 3.33. The Labute approximate surface area is 117 Å². The van der Waals surface area contributed by atoms with Crippen molar-refractivity contribution in [2.75, 3.05) is 14.1 Å². The van der Waals surface area contributed by atoms with Crippen molar-refractivity contribution in [3.63, 3.8) is 0 Å². The summed E-state index contributed by atoms with van der Waals surface area (Å²) in [4.78, 5) is 17.3. The van der Waals surface area contributed by atoms with Gasteiger partial charge >= 0.3 is 0 Å². The van der Waals surface area contributed by atoms with Gasteiger partial charge in [0.25, 0.3) is 5.91 Å². The Morgan fingerprint density at radius 2 is 1.90 bits per heavy atom. The number of aliphatic hydroxyl groups is 1. The maximum atomic E-state index is 11.8. The minimum Gasteiger partial charge on any atom is -0.457 e. The number of aromatic nitrogens is 1. The van der Waals surface area contributed by atoms with Crippen LogP contribution in [0.25, 0.3) is 0 Å². The third-order valence-electron chi connectivity index (χ3n) is 2.70. The molecule has 0 aliphatic heterocycles. The molecule has 1 aromatic carbocycles. The van der Waals surface area contributed by atoms with Crippen LogP contribution < -0.4 is 4.74 Å². The zero-order chi connectivity index (χ0) is 14.5. The van der Waals surface area contributed by atoms with Crippen LogP contribution in [0.4, 0.5) is 0 Å². The van der Waals surface area contributed by atoms with E-state index in [0.717, 1.165) is 5.56 Å². The molecule has 0 fully saturated rings. The maximum absolute atomic E-state index is 11.8. The Morgan fingerprint density at radius 3 is 2.50 bits per heavy atom. The molecule has 0 aliphatic rings. The van der Waals surface area contributed by atoms with Gasteiger partial charge in [0.1, 0.15) is 17.2 Å². The first-order valence-electron chi connectivity index (χ1n) is 6.15. The van der Waals surface area contributed by atoms with Crippen molar-refractivity contribution >= 4 is 5.91 Å². The molecule has 0 radical (unpaired) electrons. The van der Waals surface area contributed by atoms with E-state index in [1.165, 1.54) is 11.1 Å². The van der Waals surface area contributed by atoms with Crippen molar-refractivity contribution in [3.05, 3.63) is 53.9 Å². The Morgan fingerprint density at radius 1 is 1.20 bits per heavy atom. The molecule has 0 spiro atoms. The molecule has 1 aromatic heterocycles. The van der Waals surface area contributed by atoms with Crippen LogP contribution in [0.2, 0.25) is 0 Å². The number of ether oxygens (including phenoxy) is 1. The van der Waals surface area contributed by atoms with Crippen LogP contribution in [0.5, 0.6) is 11.5 Å². The number of benzene rings is 1. The normalized spacial score (nSPS) is 10.2. The molecule has 1 heterocycles. The van der Waals surface area contributed by atoms with Gasteiger partial charge in [-0.1, -0.05) is 12.1 Å². The lowest BCUT2D eigenvalue weighted by Crippen LogP contribution is -2.22. The molecule has 0 atom stereocenters. The minimum atomic E-state index is -0.175. The summed E-state index contributed by atoms with van der Waals surface area (Å²) in [5.74, 6) is 1.00. The SMILES string of the molecule is CN(C)C(=O)c1cc(Oc2ccc(CO)cc2)ccn1. The highest BCUT2D eigenvalue weighted by Gasteiger charge is 2.10. The Bertz CT molecular complexity index is 594. The van der Waals surface area contributed by atoms with Crippen LogP contribution in [0.3, 0.4) is 0 Å². The third-order valence-corrected chi connectivity index (χ3v) is 2.70. The molecule has 5 heteroatoms. The first-order valence-corrected chi connectivity index (χ1v) is 6.15. The second-order valence-electron chi connectivity index (χ2n) is 4.48. The quantitative estimate of drug-likeness (QED) is 0.925. The van der Waals surface area contributed by atoms with Crippen LogP contribution >= 0.6 is 0 Å². The molecule has 1 N–H and O–H groups in total. The van der Waals surface area contributed by atoms with Crippen LogP contribution in [-0.4, -0.2) is 35.0 Å². The Balaban J connectivity index is 2.16. The fourth-order valence-corrected chi connectivity index (χ4v) is 1.62. The second kappa shape index (κ2) is 6.16. The zero-order valence-corrected chi connectivity index (χ0v) is 11.4. The summed E-state index contributed by atoms with van der Waals surface area (Å²) < 4.78 is 5.66. The van der Waals surface area contributed by atoms with Gasteiger partial charge in [0.05, 0.1) is 6.61 Å². The van der Waals surface area contributed by atoms with Gasteiger partial charge in [-0.2, -0.15) is 0 Å². The van der Waals surface area contributed by atoms with E-state index in [4.69, 9.17) is 9.84 Å². The van der Waals surface area contributed by atoms with Crippen LogP contribution in [-0.2, 0) is 6.61 Å². The van der Waals surface area contributed by atoms with Crippen molar-refractivity contribution in [2.24, 2.45) is 0 Å². The number of carbonyl (C=O) groups is 1. The minimum absolute atomic E-state index is 0.00295. The van der Waals surface area contributed by atoms with Gasteiger partial charge in [-0.3, -0.25) is 9.78 Å². The highest BCUT2D eigenvalue weighted by Crippen LogP contribution is 2.22. The Hall–Kier alpha value is -2.40. The van der Waals surface area contributed by atoms with Gasteiger partial charge in [0.15, 0.2) is 0 Å². The molecule has 0 bridgehead atoms. The van der Waals surface area contributed by atoms with Crippen LogP contribution in [0, 0.1) is 0 Å². The number of carbonyl (C=O) groups excluding carboxylic acids is 1. The number of nitrogens with zero attached hydrogens (tertiary/aromatic N) is 2. The van der Waals surface area contributed by atoms with Crippen molar-refractivity contribution in [2.45, 2.75) is 6.61 Å². The smallest absolute Gasteiger partial charge is 0.272 e. The van der Waals surface area contributed by atoms with E-state index < -0.39 is 0 Å².